The van der Waals surface area contributed by atoms with Crippen LogP contribution in [-0.4, -0.2) is 9.38 Å². The molecule has 2 aromatic carbocycles. The maximum absolute atomic E-state index is 12.9. The Labute approximate surface area is 124 Å². The number of hydrogen-bond donors (Lipinski definition) is 0. The van der Waals surface area contributed by atoms with E-state index in [0.29, 0.717) is 12.0 Å². The highest BCUT2D eigenvalue weighted by atomic mass is 16.3. The van der Waals surface area contributed by atoms with Gasteiger partial charge in [0, 0.05) is 22.6 Å². The lowest BCUT2D eigenvalue weighted by molar-refractivity contribution is 0.660. The highest BCUT2D eigenvalue weighted by Crippen LogP contribution is 2.34. The summed E-state index contributed by atoms with van der Waals surface area (Å²) in [6.45, 7) is 2.01. The molecule has 5 rings (SSSR count). The zero-order valence-corrected chi connectivity index (χ0v) is 12.0. The van der Waals surface area contributed by atoms with Crippen LogP contribution in [0, 0.1) is 0 Å². The summed E-state index contributed by atoms with van der Waals surface area (Å²) in [6, 6.07) is 13.7. The monoisotopic (exact) mass is 288 g/mol. The Balaban J connectivity index is 2.24. The van der Waals surface area contributed by atoms with Gasteiger partial charge in [0.15, 0.2) is 0 Å². The maximum atomic E-state index is 12.9. The number of pyridine rings is 1. The molecule has 0 atom stereocenters. The van der Waals surface area contributed by atoms with Crippen molar-refractivity contribution >= 4 is 38.4 Å². The molecule has 4 nitrogen and oxygen atoms in total. The molecule has 0 aliphatic rings. The Morgan fingerprint density at radius 2 is 1.91 bits per heavy atom. The van der Waals surface area contributed by atoms with Crippen LogP contribution in [-0.2, 0) is 6.42 Å². The number of benzene rings is 2. The van der Waals surface area contributed by atoms with Crippen molar-refractivity contribution in [1.82, 2.24) is 9.38 Å². The van der Waals surface area contributed by atoms with Crippen LogP contribution in [0.25, 0.3) is 38.4 Å². The van der Waals surface area contributed by atoms with Crippen molar-refractivity contribution in [2.75, 3.05) is 0 Å². The standard InChI is InChI=1S/C18H12N2O2/c1-2-14-19-12-8-5-7-11-15-10-6-3-4-9-13(10)22-17(15)18(21)20(14)16(11)12/h3-9H,2H2,1H3. The fourth-order valence-corrected chi connectivity index (χ4v) is 3.40. The fraction of sp³-hybridized carbons (Fsp3) is 0.111. The Bertz CT molecular complexity index is 1230. The average Bonchev–Trinajstić information content (AvgIpc) is 3.12. The van der Waals surface area contributed by atoms with Crippen molar-refractivity contribution in [3.63, 3.8) is 0 Å². The van der Waals surface area contributed by atoms with E-state index in [1.54, 1.807) is 4.40 Å². The molecule has 5 aromatic rings. The van der Waals surface area contributed by atoms with E-state index in [1.165, 1.54) is 0 Å². The van der Waals surface area contributed by atoms with Crippen molar-refractivity contribution in [2.45, 2.75) is 13.3 Å². The van der Waals surface area contributed by atoms with Gasteiger partial charge in [-0.05, 0) is 12.1 Å². The Morgan fingerprint density at radius 3 is 2.77 bits per heavy atom. The molecule has 0 amide bonds. The summed E-state index contributed by atoms with van der Waals surface area (Å²) < 4.78 is 7.57. The zero-order valence-electron chi connectivity index (χ0n) is 12.0. The summed E-state index contributed by atoms with van der Waals surface area (Å²) >= 11 is 0. The smallest absolute Gasteiger partial charge is 0.300 e. The van der Waals surface area contributed by atoms with E-state index in [1.807, 2.05) is 49.4 Å². The molecular weight excluding hydrogens is 276 g/mol. The minimum Gasteiger partial charge on any atom is -0.450 e. The van der Waals surface area contributed by atoms with E-state index in [2.05, 4.69) is 4.98 Å². The predicted octanol–water partition coefficient (Wildman–Crippen LogP) is 3.75. The van der Waals surface area contributed by atoms with Gasteiger partial charge in [0.1, 0.15) is 11.4 Å². The molecule has 0 radical (unpaired) electrons. The quantitative estimate of drug-likeness (QED) is 0.472. The molecule has 22 heavy (non-hydrogen) atoms. The van der Waals surface area contributed by atoms with Crippen molar-refractivity contribution in [2.24, 2.45) is 0 Å². The van der Waals surface area contributed by atoms with Crippen LogP contribution in [0.4, 0.5) is 0 Å². The Kier molecular flexibility index (Phi) is 2.06. The van der Waals surface area contributed by atoms with Gasteiger partial charge in [0.05, 0.1) is 11.0 Å². The van der Waals surface area contributed by atoms with Crippen LogP contribution in [0.1, 0.15) is 12.7 Å². The summed E-state index contributed by atoms with van der Waals surface area (Å²) in [5, 5.41) is 2.88. The highest BCUT2D eigenvalue weighted by molar-refractivity contribution is 6.20. The van der Waals surface area contributed by atoms with Gasteiger partial charge < -0.3 is 4.42 Å². The van der Waals surface area contributed by atoms with Crippen molar-refractivity contribution in [1.29, 1.82) is 0 Å². The molecule has 0 aliphatic carbocycles. The first kappa shape index (κ1) is 11.7. The van der Waals surface area contributed by atoms with Crippen LogP contribution in [0.2, 0.25) is 0 Å². The highest BCUT2D eigenvalue weighted by Gasteiger charge is 2.20. The number of aromatic nitrogens is 2. The summed E-state index contributed by atoms with van der Waals surface area (Å²) in [5.41, 5.74) is 2.79. The SMILES string of the molecule is CCc1nc2cccc3c4c(oc5ccccc54)c(=O)n1c23. The molecule has 3 heterocycles. The predicted molar refractivity (Wildman–Crippen MR) is 86.8 cm³/mol. The zero-order chi connectivity index (χ0) is 14.8. The number of para-hydroxylation sites is 2. The van der Waals surface area contributed by atoms with Gasteiger partial charge in [-0.1, -0.05) is 37.3 Å². The molecular formula is C18H12N2O2. The molecule has 0 bridgehead atoms. The van der Waals surface area contributed by atoms with Gasteiger partial charge in [0.25, 0.3) is 5.56 Å². The lowest BCUT2D eigenvalue weighted by Crippen LogP contribution is -2.14. The van der Waals surface area contributed by atoms with Crippen LogP contribution in [0.15, 0.2) is 51.7 Å². The molecule has 0 saturated heterocycles. The number of furan rings is 1. The van der Waals surface area contributed by atoms with Crippen molar-refractivity contribution < 1.29 is 4.42 Å². The van der Waals surface area contributed by atoms with E-state index < -0.39 is 0 Å². The molecule has 0 fully saturated rings. The van der Waals surface area contributed by atoms with E-state index in [4.69, 9.17) is 4.42 Å². The molecule has 0 spiro atoms. The van der Waals surface area contributed by atoms with Crippen molar-refractivity contribution in [3.05, 3.63) is 58.6 Å². The first-order chi connectivity index (χ1) is 10.8. The molecule has 4 heteroatoms. The summed E-state index contributed by atoms with van der Waals surface area (Å²) in [4.78, 5) is 17.5. The molecule has 0 unspecified atom stereocenters. The fourth-order valence-electron chi connectivity index (χ4n) is 3.40. The number of rotatable bonds is 1. The lowest BCUT2D eigenvalue weighted by Gasteiger charge is -2.02. The minimum atomic E-state index is -0.121. The van der Waals surface area contributed by atoms with Gasteiger partial charge in [-0.15, -0.1) is 0 Å². The van der Waals surface area contributed by atoms with E-state index in [-0.39, 0.29) is 5.56 Å². The third kappa shape index (κ3) is 1.23. The Morgan fingerprint density at radius 1 is 1.09 bits per heavy atom. The van der Waals surface area contributed by atoms with Crippen LogP contribution < -0.4 is 5.56 Å². The average molecular weight is 288 g/mol. The van der Waals surface area contributed by atoms with Gasteiger partial charge in [-0.25, -0.2) is 4.98 Å². The molecule has 0 saturated carbocycles. The van der Waals surface area contributed by atoms with Gasteiger partial charge in [0.2, 0.25) is 5.58 Å². The second kappa shape index (κ2) is 3.85. The molecule has 106 valence electrons. The summed E-state index contributed by atoms with van der Waals surface area (Å²) in [7, 11) is 0. The third-order valence-electron chi connectivity index (χ3n) is 4.32. The first-order valence-corrected chi connectivity index (χ1v) is 7.36. The van der Waals surface area contributed by atoms with Gasteiger partial charge in [-0.2, -0.15) is 0 Å². The largest absolute Gasteiger partial charge is 0.450 e. The number of fused-ring (bicyclic) bond motifs is 4. The van der Waals surface area contributed by atoms with Crippen LogP contribution in [0.3, 0.4) is 0 Å². The van der Waals surface area contributed by atoms with Gasteiger partial charge in [-0.3, -0.25) is 9.20 Å². The number of imidazole rings is 1. The topological polar surface area (TPSA) is 47.5 Å². The Hall–Kier alpha value is -2.88. The molecule has 0 aliphatic heterocycles. The normalized spacial score (nSPS) is 12.2. The van der Waals surface area contributed by atoms with Crippen LogP contribution in [0.5, 0.6) is 0 Å². The second-order valence-corrected chi connectivity index (χ2v) is 5.50. The van der Waals surface area contributed by atoms with Gasteiger partial charge >= 0.3 is 0 Å². The summed E-state index contributed by atoms with van der Waals surface area (Å²) in [5.74, 6) is 0.776. The third-order valence-corrected chi connectivity index (χ3v) is 4.32. The number of hydrogen-bond acceptors (Lipinski definition) is 3. The maximum Gasteiger partial charge on any atom is 0.300 e. The van der Waals surface area contributed by atoms with E-state index >= 15 is 0 Å². The summed E-state index contributed by atoms with van der Waals surface area (Å²) in [6.07, 6.45) is 0.704. The first-order valence-electron chi connectivity index (χ1n) is 7.36. The van der Waals surface area contributed by atoms with E-state index in [9.17, 15) is 4.79 Å². The lowest BCUT2D eigenvalue weighted by atomic mass is 10.1. The minimum absolute atomic E-state index is 0.121. The molecule has 3 aromatic heterocycles. The molecule has 0 N–H and O–H groups in total. The van der Waals surface area contributed by atoms with Crippen molar-refractivity contribution in [3.8, 4) is 0 Å². The van der Waals surface area contributed by atoms with Crippen LogP contribution >= 0.6 is 0 Å². The number of nitrogens with zero attached hydrogens (tertiary/aromatic N) is 2. The van der Waals surface area contributed by atoms with E-state index in [0.717, 1.165) is 38.6 Å². The second-order valence-electron chi connectivity index (χ2n) is 5.50. The number of aryl methyl sites for hydroxylation is 1.